The Labute approximate surface area is 87.0 Å². The molecule has 0 aliphatic carbocycles. The van der Waals surface area contributed by atoms with E-state index in [0.29, 0.717) is 19.7 Å². The number of hydrogen-bond donors (Lipinski definition) is 0. The van der Waals surface area contributed by atoms with Crippen LogP contribution in [0.2, 0.25) is 0 Å². The van der Waals surface area contributed by atoms with Gasteiger partial charge in [0, 0.05) is 18.5 Å². The first-order valence-electron chi connectivity index (χ1n) is 3.56. The Morgan fingerprint density at radius 2 is 2.08 bits per heavy atom. The molecule has 0 aromatic heterocycles. The predicted octanol–water partition coefficient (Wildman–Crippen LogP) is 0.635. The van der Waals surface area contributed by atoms with Crippen molar-refractivity contribution in [2.45, 2.75) is 6.92 Å². The first kappa shape index (κ1) is 10.7. The number of sulfonamides is 1. The van der Waals surface area contributed by atoms with E-state index in [1.807, 2.05) is 29.9 Å². The van der Waals surface area contributed by atoms with Gasteiger partial charge in [-0.1, -0.05) is 6.92 Å². The van der Waals surface area contributed by atoms with Crippen LogP contribution in [0, 0.1) is 5.41 Å². The number of nitrogens with zero attached hydrogens (tertiary/aromatic N) is 1. The standard InChI is InChI=1S/C6H12INO3S/c1-6(5-11-7)3-8(4-6)12(2,9)10/h3-5H2,1-2H3. The zero-order chi connectivity index (χ0) is 9.41. The lowest BCUT2D eigenvalue weighted by Gasteiger charge is -2.45. The first-order valence-corrected chi connectivity index (χ1v) is 6.29. The van der Waals surface area contributed by atoms with E-state index in [1.54, 1.807) is 0 Å². The van der Waals surface area contributed by atoms with Crippen LogP contribution in [0.25, 0.3) is 0 Å². The van der Waals surface area contributed by atoms with Crippen molar-refractivity contribution >= 4 is 33.0 Å². The number of rotatable bonds is 3. The summed E-state index contributed by atoms with van der Waals surface area (Å²) in [5, 5.41) is 0. The second kappa shape index (κ2) is 3.39. The van der Waals surface area contributed by atoms with E-state index in [-0.39, 0.29) is 5.41 Å². The van der Waals surface area contributed by atoms with Crippen molar-refractivity contribution in [3.8, 4) is 0 Å². The van der Waals surface area contributed by atoms with Gasteiger partial charge < -0.3 is 3.07 Å². The lowest BCUT2D eigenvalue weighted by Crippen LogP contribution is -2.58. The van der Waals surface area contributed by atoms with Crippen LogP contribution in [-0.2, 0) is 13.1 Å². The maximum absolute atomic E-state index is 11.0. The van der Waals surface area contributed by atoms with E-state index in [2.05, 4.69) is 0 Å². The van der Waals surface area contributed by atoms with E-state index in [4.69, 9.17) is 3.07 Å². The van der Waals surface area contributed by atoms with Gasteiger partial charge in [-0.25, -0.2) is 12.7 Å². The normalized spacial score (nSPS) is 23.6. The van der Waals surface area contributed by atoms with Crippen molar-refractivity contribution in [3.63, 3.8) is 0 Å². The third kappa shape index (κ3) is 2.30. The number of halogens is 1. The smallest absolute Gasteiger partial charge is 0.211 e. The minimum Gasteiger partial charge on any atom is -0.315 e. The van der Waals surface area contributed by atoms with Gasteiger partial charge in [-0.05, 0) is 0 Å². The summed E-state index contributed by atoms with van der Waals surface area (Å²) < 4.78 is 28.4. The Bertz CT molecular complexity index is 258. The lowest BCUT2D eigenvalue weighted by atomic mass is 9.85. The summed E-state index contributed by atoms with van der Waals surface area (Å²) in [6.45, 7) is 3.79. The Hall–Kier alpha value is 0.600. The van der Waals surface area contributed by atoms with Crippen molar-refractivity contribution in [1.29, 1.82) is 0 Å². The highest BCUT2D eigenvalue weighted by Crippen LogP contribution is 2.32. The van der Waals surface area contributed by atoms with Gasteiger partial charge in [-0.15, -0.1) is 0 Å². The highest BCUT2D eigenvalue weighted by Gasteiger charge is 2.43. The van der Waals surface area contributed by atoms with E-state index in [9.17, 15) is 8.42 Å². The molecule has 72 valence electrons. The highest BCUT2D eigenvalue weighted by atomic mass is 127. The van der Waals surface area contributed by atoms with Crippen LogP contribution in [0.15, 0.2) is 0 Å². The minimum atomic E-state index is -2.98. The van der Waals surface area contributed by atoms with Crippen LogP contribution >= 0.6 is 23.0 Å². The molecule has 0 aromatic rings. The second-order valence-corrected chi connectivity index (χ2v) is 6.20. The Kier molecular flexibility index (Phi) is 3.02. The molecule has 0 aromatic carbocycles. The zero-order valence-electron chi connectivity index (χ0n) is 7.08. The molecule has 1 aliphatic heterocycles. The summed E-state index contributed by atoms with van der Waals surface area (Å²) in [5.41, 5.74) is 0.0181. The van der Waals surface area contributed by atoms with Gasteiger partial charge in [0.25, 0.3) is 0 Å². The number of hydrogen-bond acceptors (Lipinski definition) is 3. The molecule has 0 unspecified atom stereocenters. The monoisotopic (exact) mass is 305 g/mol. The fourth-order valence-electron chi connectivity index (χ4n) is 1.26. The quantitative estimate of drug-likeness (QED) is 0.719. The summed E-state index contributed by atoms with van der Waals surface area (Å²) in [4.78, 5) is 0. The average molecular weight is 305 g/mol. The Balaban J connectivity index is 2.47. The molecule has 0 amide bonds. The maximum Gasteiger partial charge on any atom is 0.211 e. The second-order valence-electron chi connectivity index (χ2n) is 3.60. The molecule has 0 atom stereocenters. The third-order valence-corrected chi connectivity index (χ3v) is 3.50. The van der Waals surface area contributed by atoms with Crippen LogP contribution in [0.4, 0.5) is 0 Å². The molecule has 0 radical (unpaired) electrons. The Morgan fingerprint density at radius 1 is 1.58 bits per heavy atom. The van der Waals surface area contributed by atoms with Crippen LogP contribution in [-0.4, -0.2) is 38.7 Å². The van der Waals surface area contributed by atoms with E-state index in [1.165, 1.54) is 10.6 Å². The van der Waals surface area contributed by atoms with E-state index >= 15 is 0 Å². The summed E-state index contributed by atoms with van der Waals surface area (Å²) in [5.74, 6) is 0. The first-order chi connectivity index (χ1) is 5.37. The molecular weight excluding hydrogens is 293 g/mol. The van der Waals surface area contributed by atoms with Crippen LogP contribution in [0.3, 0.4) is 0 Å². The summed E-state index contributed by atoms with van der Waals surface area (Å²) in [7, 11) is -2.98. The molecule has 0 bridgehead atoms. The Morgan fingerprint density at radius 3 is 2.42 bits per heavy atom. The van der Waals surface area contributed by atoms with Gasteiger partial charge >= 0.3 is 0 Å². The fraction of sp³-hybridized carbons (Fsp3) is 1.00. The van der Waals surface area contributed by atoms with Gasteiger partial charge in [-0.2, -0.15) is 0 Å². The lowest BCUT2D eigenvalue weighted by molar-refractivity contribution is 0.0527. The summed E-state index contributed by atoms with van der Waals surface area (Å²) in [6.07, 6.45) is 1.23. The fourth-order valence-corrected chi connectivity index (χ4v) is 3.11. The van der Waals surface area contributed by atoms with Gasteiger partial charge in [0.1, 0.15) is 23.0 Å². The van der Waals surface area contributed by atoms with Crippen LogP contribution < -0.4 is 0 Å². The molecule has 4 nitrogen and oxygen atoms in total. The molecule has 0 N–H and O–H groups in total. The van der Waals surface area contributed by atoms with Crippen LogP contribution in [0.5, 0.6) is 0 Å². The van der Waals surface area contributed by atoms with Crippen LogP contribution in [0.1, 0.15) is 6.92 Å². The molecule has 0 saturated carbocycles. The minimum absolute atomic E-state index is 0.0181. The van der Waals surface area contributed by atoms with Crippen molar-refractivity contribution in [2.24, 2.45) is 5.41 Å². The SMILES string of the molecule is CC1(COI)CN(S(C)(=O)=O)C1. The van der Waals surface area contributed by atoms with Crippen molar-refractivity contribution in [3.05, 3.63) is 0 Å². The van der Waals surface area contributed by atoms with E-state index in [0.717, 1.165) is 0 Å². The molecule has 6 heteroatoms. The molecule has 1 saturated heterocycles. The average Bonchev–Trinajstić information content (AvgIpc) is 1.81. The molecule has 0 spiro atoms. The zero-order valence-corrected chi connectivity index (χ0v) is 10.1. The van der Waals surface area contributed by atoms with Gasteiger partial charge in [0.15, 0.2) is 0 Å². The van der Waals surface area contributed by atoms with Gasteiger partial charge in [0.2, 0.25) is 10.0 Å². The topological polar surface area (TPSA) is 46.6 Å². The van der Waals surface area contributed by atoms with Crippen molar-refractivity contribution in [1.82, 2.24) is 4.31 Å². The third-order valence-electron chi connectivity index (χ3n) is 1.99. The molecule has 12 heavy (non-hydrogen) atoms. The van der Waals surface area contributed by atoms with Gasteiger partial charge in [0.05, 0.1) is 12.9 Å². The molecule has 1 aliphatic rings. The van der Waals surface area contributed by atoms with E-state index < -0.39 is 10.0 Å². The maximum atomic E-state index is 11.0. The molecule has 1 rings (SSSR count). The largest absolute Gasteiger partial charge is 0.315 e. The van der Waals surface area contributed by atoms with Crippen molar-refractivity contribution < 1.29 is 11.5 Å². The molecular formula is C6H12INO3S. The highest BCUT2D eigenvalue weighted by molar-refractivity contribution is 14.1. The summed E-state index contributed by atoms with van der Waals surface area (Å²) in [6, 6.07) is 0. The van der Waals surface area contributed by atoms with Crippen molar-refractivity contribution in [2.75, 3.05) is 26.0 Å². The van der Waals surface area contributed by atoms with Gasteiger partial charge in [-0.3, -0.25) is 0 Å². The predicted molar refractivity (Wildman–Crippen MR) is 54.5 cm³/mol. The molecule has 1 heterocycles. The summed E-state index contributed by atoms with van der Waals surface area (Å²) >= 11 is 1.83. The molecule has 1 fully saturated rings.